The highest BCUT2D eigenvalue weighted by atomic mass is 79.9. The number of carboxylic acid groups (broad SMARTS) is 2. The highest BCUT2D eigenvalue weighted by Crippen LogP contribution is 2.28. The molecule has 0 bridgehead atoms. The maximum absolute atomic E-state index is 10.8. The summed E-state index contributed by atoms with van der Waals surface area (Å²) >= 11 is 3.30. The number of hydrogen-bond donors (Lipinski definition) is 4. The molecule has 0 fully saturated rings. The van der Waals surface area contributed by atoms with Gasteiger partial charge in [-0.15, -0.1) is 0 Å². The summed E-state index contributed by atoms with van der Waals surface area (Å²) in [6.07, 6.45) is 0. The first-order chi connectivity index (χ1) is 13.8. The minimum atomic E-state index is -1.13. The third-order valence-corrected chi connectivity index (χ3v) is 4.77. The minimum Gasteiger partial charge on any atom is -0.507 e. The number of aromatic hydroxyl groups is 2. The number of aromatic carboxylic acids is 2. The smallest absolute Gasteiger partial charge is 0.339 e. The Hall–Kier alpha value is -3.58. The normalized spacial score (nSPS) is 10.4. The molecule has 0 aliphatic rings. The Balaban J connectivity index is 0.000000166. The highest BCUT2D eigenvalue weighted by Gasteiger charge is 2.12. The third-order valence-electron chi connectivity index (χ3n) is 4.28. The molecule has 146 valence electrons. The van der Waals surface area contributed by atoms with Crippen molar-refractivity contribution < 1.29 is 30.0 Å². The summed E-state index contributed by atoms with van der Waals surface area (Å²) < 4.78 is 0.872. The molecule has 0 radical (unpaired) electrons. The number of halogens is 1. The van der Waals surface area contributed by atoms with Crippen molar-refractivity contribution in [2.45, 2.75) is 0 Å². The summed E-state index contributed by atoms with van der Waals surface area (Å²) in [5, 5.41) is 39.7. The lowest BCUT2D eigenvalue weighted by Gasteiger charge is -2.03. The first-order valence-corrected chi connectivity index (χ1v) is 9.17. The van der Waals surface area contributed by atoms with Crippen LogP contribution in [0, 0.1) is 0 Å². The van der Waals surface area contributed by atoms with Crippen molar-refractivity contribution in [3.8, 4) is 11.5 Å². The number of hydrogen-bond acceptors (Lipinski definition) is 4. The fourth-order valence-corrected chi connectivity index (χ4v) is 3.23. The molecular weight excluding hydrogens is 440 g/mol. The van der Waals surface area contributed by atoms with Crippen LogP contribution in [0.2, 0.25) is 0 Å². The summed E-state index contributed by atoms with van der Waals surface area (Å²) in [5.41, 5.74) is -0.149. The molecule has 0 atom stereocenters. The van der Waals surface area contributed by atoms with Crippen LogP contribution in [0.1, 0.15) is 20.7 Å². The lowest BCUT2D eigenvalue weighted by atomic mass is 10.1. The van der Waals surface area contributed by atoms with E-state index in [1.807, 2.05) is 24.3 Å². The third kappa shape index (κ3) is 4.30. The molecule has 0 spiro atoms. The molecule has 29 heavy (non-hydrogen) atoms. The SMILES string of the molecule is O=C(O)c1cc2cc(Br)ccc2cc1O.O=C(O)c1ccc2ccccc2c1O. The summed E-state index contributed by atoms with van der Waals surface area (Å²) in [6.45, 7) is 0. The Bertz CT molecular complexity index is 1250. The van der Waals surface area contributed by atoms with Crippen molar-refractivity contribution in [1.82, 2.24) is 0 Å². The maximum Gasteiger partial charge on any atom is 0.339 e. The van der Waals surface area contributed by atoms with Gasteiger partial charge in [-0.25, -0.2) is 9.59 Å². The van der Waals surface area contributed by atoms with E-state index in [-0.39, 0.29) is 22.6 Å². The number of carbonyl (C=O) groups is 2. The predicted octanol–water partition coefficient (Wildman–Crippen LogP) is 5.25. The van der Waals surface area contributed by atoms with Crippen LogP contribution in [0.15, 0.2) is 71.2 Å². The average Bonchev–Trinajstić information content (AvgIpc) is 2.68. The van der Waals surface area contributed by atoms with Gasteiger partial charge in [0.15, 0.2) is 0 Å². The van der Waals surface area contributed by atoms with Crippen molar-refractivity contribution in [3.63, 3.8) is 0 Å². The molecule has 0 unspecified atom stereocenters. The van der Waals surface area contributed by atoms with Gasteiger partial charge in [0.1, 0.15) is 22.6 Å². The van der Waals surface area contributed by atoms with Crippen molar-refractivity contribution in [2.75, 3.05) is 0 Å². The number of rotatable bonds is 2. The quantitative estimate of drug-likeness (QED) is 0.328. The van der Waals surface area contributed by atoms with Crippen LogP contribution in [-0.4, -0.2) is 32.4 Å². The largest absolute Gasteiger partial charge is 0.507 e. The Labute approximate surface area is 173 Å². The molecule has 4 N–H and O–H groups in total. The summed E-state index contributed by atoms with van der Waals surface area (Å²) in [5.74, 6) is -2.63. The zero-order valence-corrected chi connectivity index (χ0v) is 16.4. The van der Waals surface area contributed by atoms with Crippen LogP contribution >= 0.6 is 15.9 Å². The van der Waals surface area contributed by atoms with E-state index < -0.39 is 11.9 Å². The molecule has 0 saturated heterocycles. The molecule has 0 aliphatic heterocycles. The lowest BCUT2D eigenvalue weighted by molar-refractivity contribution is 0.0682. The molecular formula is C22H15BrO6. The Morgan fingerprint density at radius 2 is 1.34 bits per heavy atom. The van der Waals surface area contributed by atoms with Crippen molar-refractivity contribution in [3.05, 3.63) is 82.3 Å². The van der Waals surface area contributed by atoms with Crippen molar-refractivity contribution >= 4 is 49.4 Å². The molecule has 0 aromatic heterocycles. The van der Waals surface area contributed by atoms with E-state index in [0.717, 1.165) is 20.6 Å². The van der Waals surface area contributed by atoms with Crippen LogP contribution < -0.4 is 0 Å². The molecule has 0 amide bonds. The number of carboxylic acids is 2. The molecule has 0 saturated carbocycles. The molecule has 4 aromatic carbocycles. The average molecular weight is 455 g/mol. The standard InChI is InChI=1S/C11H7BrO3.C11H8O3/c12-8-2-1-6-5-10(13)9(11(14)15)4-7(6)3-8;12-10-8-4-2-1-3-7(8)5-6-9(10)11(13)14/h1-5,13H,(H,14,15);1-6,12H,(H,13,14). The van der Waals surface area contributed by atoms with Crippen LogP contribution in [0.4, 0.5) is 0 Å². The molecule has 4 aromatic rings. The van der Waals surface area contributed by atoms with E-state index in [1.54, 1.807) is 24.3 Å². The minimum absolute atomic E-state index is 0.0660. The predicted molar refractivity (Wildman–Crippen MR) is 113 cm³/mol. The Morgan fingerprint density at radius 3 is 2.03 bits per heavy atom. The molecule has 0 heterocycles. The first-order valence-electron chi connectivity index (χ1n) is 8.37. The van der Waals surface area contributed by atoms with Gasteiger partial charge in [0.25, 0.3) is 0 Å². The monoisotopic (exact) mass is 454 g/mol. The number of benzene rings is 4. The van der Waals surface area contributed by atoms with E-state index >= 15 is 0 Å². The Kier molecular flexibility index (Phi) is 5.70. The second kappa shape index (κ2) is 8.20. The fourth-order valence-electron chi connectivity index (χ4n) is 2.86. The summed E-state index contributed by atoms with van der Waals surface area (Å²) in [6, 6.07) is 18.5. The van der Waals surface area contributed by atoms with E-state index in [0.29, 0.717) is 5.39 Å². The molecule has 0 aliphatic carbocycles. The Morgan fingerprint density at radius 1 is 0.690 bits per heavy atom. The second-order valence-corrected chi connectivity index (χ2v) is 7.07. The maximum atomic E-state index is 10.8. The molecule has 6 nitrogen and oxygen atoms in total. The number of phenols is 2. The van der Waals surface area contributed by atoms with Gasteiger partial charge in [0, 0.05) is 9.86 Å². The van der Waals surface area contributed by atoms with Crippen molar-refractivity contribution in [1.29, 1.82) is 0 Å². The van der Waals surface area contributed by atoms with E-state index in [9.17, 15) is 19.8 Å². The van der Waals surface area contributed by atoms with Gasteiger partial charge in [-0.3, -0.25) is 0 Å². The zero-order valence-electron chi connectivity index (χ0n) is 14.8. The van der Waals surface area contributed by atoms with Gasteiger partial charge >= 0.3 is 11.9 Å². The van der Waals surface area contributed by atoms with Gasteiger partial charge in [-0.2, -0.15) is 0 Å². The van der Waals surface area contributed by atoms with Crippen molar-refractivity contribution in [2.24, 2.45) is 0 Å². The van der Waals surface area contributed by atoms with E-state index in [4.69, 9.17) is 10.2 Å². The summed E-state index contributed by atoms with van der Waals surface area (Å²) in [7, 11) is 0. The topological polar surface area (TPSA) is 115 Å². The molecule has 7 heteroatoms. The van der Waals surface area contributed by atoms with Crippen LogP contribution in [0.5, 0.6) is 11.5 Å². The number of fused-ring (bicyclic) bond motifs is 2. The van der Waals surface area contributed by atoms with E-state index in [2.05, 4.69) is 15.9 Å². The fraction of sp³-hybridized carbons (Fsp3) is 0. The van der Waals surface area contributed by atoms with Crippen LogP contribution in [0.3, 0.4) is 0 Å². The van der Waals surface area contributed by atoms with Crippen LogP contribution in [-0.2, 0) is 0 Å². The lowest BCUT2D eigenvalue weighted by Crippen LogP contribution is -1.96. The summed E-state index contributed by atoms with van der Waals surface area (Å²) in [4.78, 5) is 21.5. The van der Waals surface area contributed by atoms with Gasteiger partial charge in [0.05, 0.1) is 0 Å². The van der Waals surface area contributed by atoms with Crippen LogP contribution in [0.25, 0.3) is 21.5 Å². The van der Waals surface area contributed by atoms with Gasteiger partial charge in [-0.05, 0) is 46.5 Å². The molecule has 4 rings (SSSR count). The van der Waals surface area contributed by atoms with Gasteiger partial charge < -0.3 is 20.4 Å². The van der Waals surface area contributed by atoms with Gasteiger partial charge in [0.2, 0.25) is 0 Å². The van der Waals surface area contributed by atoms with Gasteiger partial charge in [-0.1, -0.05) is 52.3 Å². The second-order valence-electron chi connectivity index (χ2n) is 6.15. The highest BCUT2D eigenvalue weighted by molar-refractivity contribution is 9.10. The van der Waals surface area contributed by atoms with E-state index in [1.165, 1.54) is 18.2 Å². The zero-order chi connectivity index (χ0) is 21.1. The first kappa shape index (κ1) is 20.2.